The number of nitrogens with one attached hydrogen (secondary N) is 2. The Morgan fingerprint density at radius 2 is 1.89 bits per heavy atom. The number of H-pyrrole nitrogens is 1. The molecular weight excluding hydrogens is 244 g/mol. The Labute approximate surface area is 110 Å². The van der Waals surface area contributed by atoms with Crippen molar-refractivity contribution in [2.24, 2.45) is 0 Å². The number of pyridine rings is 1. The summed E-state index contributed by atoms with van der Waals surface area (Å²) in [5.74, 6) is 0.430. The fraction of sp³-hybridized carbons (Fsp3) is 0.143. The molecule has 1 aromatic carbocycles. The normalized spacial score (nSPS) is 9.89. The Hall–Kier alpha value is -2.56. The summed E-state index contributed by atoms with van der Waals surface area (Å²) >= 11 is 0. The fourth-order valence-electron chi connectivity index (χ4n) is 1.53. The van der Waals surface area contributed by atoms with E-state index in [1.165, 1.54) is 12.1 Å². The zero-order chi connectivity index (χ0) is 13.5. The summed E-state index contributed by atoms with van der Waals surface area (Å²) in [4.78, 5) is 25.2. The molecule has 0 aliphatic carbocycles. The summed E-state index contributed by atoms with van der Waals surface area (Å²) in [5.41, 5.74) is -0.0552. The highest BCUT2D eigenvalue weighted by molar-refractivity contribution is 5.92. The lowest BCUT2D eigenvalue weighted by molar-refractivity contribution is 0.0942. The first-order chi connectivity index (χ1) is 9.25. The van der Waals surface area contributed by atoms with E-state index in [0.717, 1.165) is 5.75 Å². The van der Waals surface area contributed by atoms with Crippen molar-refractivity contribution in [3.8, 4) is 5.75 Å². The first-order valence-electron chi connectivity index (χ1n) is 5.91. The van der Waals surface area contributed by atoms with Gasteiger partial charge in [0, 0.05) is 6.07 Å². The highest BCUT2D eigenvalue weighted by atomic mass is 16.5. The number of aromatic nitrogens is 1. The quantitative estimate of drug-likeness (QED) is 0.791. The number of hydrogen-bond donors (Lipinski definition) is 2. The topological polar surface area (TPSA) is 71.2 Å². The lowest BCUT2D eigenvalue weighted by Gasteiger charge is -2.07. The third-order valence-electron chi connectivity index (χ3n) is 2.41. The molecule has 1 amide bonds. The number of benzene rings is 1. The van der Waals surface area contributed by atoms with E-state index in [-0.39, 0.29) is 17.2 Å². The Kier molecular flexibility index (Phi) is 4.34. The molecule has 0 bridgehead atoms. The van der Waals surface area contributed by atoms with Crippen LogP contribution in [0.15, 0.2) is 53.3 Å². The van der Waals surface area contributed by atoms with Gasteiger partial charge in [-0.15, -0.1) is 0 Å². The van der Waals surface area contributed by atoms with Gasteiger partial charge in [-0.25, -0.2) is 0 Å². The molecule has 0 unspecified atom stereocenters. The van der Waals surface area contributed by atoms with E-state index in [1.54, 1.807) is 6.07 Å². The zero-order valence-electron chi connectivity index (χ0n) is 10.3. The number of para-hydroxylation sites is 1. The van der Waals surface area contributed by atoms with Crippen LogP contribution in [-0.2, 0) is 0 Å². The molecule has 5 heteroatoms. The Morgan fingerprint density at radius 3 is 2.63 bits per heavy atom. The van der Waals surface area contributed by atoms with Crippen molar-refractivity contribution < 1.29 is 9.53 Å². The maximum atomic E-state index is 11.7. The minimum Gasteiger partial charge on any atom is -0.492 e. The zero-order valence-corrected chi connectivity index (χ0v) is 10.3. The van der Waals surface area contributed by atoms with Crippen molar-refractivity contribution in [1.29, 1.82) is 0 Å². The molecule has 0 fully saturated rings. The number of carbonyl (C=O) groups excluding carboxylic acids is 1. The summed E-state index contributed by atoms with van der Waals surface area (Å²) in [5, 5.41) is 2.66. The Morgan fingerprint density at radius 1 is 1.11 bits per heavy atom. The third kappa shape index (κ3) is 3.99. The minimum atomic E-state index is -0.325. The maximum Gasteiger partial charge on any atom is 0.267 e. The lowest BCUT2D eigenvalue weighted by Crippen LogP contribution is -2.29. The standard InChI is InChI=1S/C14H14N2O3/c17-13-8-4-7-12(16-13)14(18)15-9-10-19-11-5-2-1-3-6-11/h1-8H,9-10H2,(H,15,18)(H,16,17). The molecule has 19 heavy (non-hydrogen) atoms. The predicted octanol–water partition coefficient (Wildman–Crippen LogP) is 1.18. The highest BCUT2D eigenvalue weighted by Crippen LogP contribution is 2.07. The lowest BCUT2D eigenvalue weighted by atomic mass is 10.3. The van der Waals surface area contributed by atoms with Gasteiger partial charge in [-0.2, -0.15) is 0 Å². The molecule has 2 aromatic rings. The molecule has 0 spiro atoms. The molecule has 1 aromatic heterocycles. The number of carbonyl (C=O) groups is 1. The van der Waals surface area contributed by atoms with Crippen LogP contribution in [0.1, 0.15) is 10.5 Å². The first kappa shape index (κ1) is 12.9. The Bertz CT molecular complexity index is 593. The van der Waals surface area contributed by atoms with Gasteiger partial charge >= 0.3 is 0 Å². The summed E-state index contributed by atoms with van der Waals surface area (Å²) < 4.78 is 5.43. The SMILES string of the molecule is O=C(NCCOc1ccccc1)c1cccc(=O)[nH]1. The van der Waals surface area contributed by atoms with Crippen molar-refractivity contribution in [2.45, 2.75) is 0 Å². The van der Waals surface area contributed by atoms with Gasteiger partial charge in [0.05, 0.1) is 6.54 Å². The van der Waals surface area contributed by atoms with Gasteiger partial charge in [0.15, 0.2) is 0 Å². The van der Waals surface area contributed by atoms with Crippen LogP contribution in [0.5, 0.6) is 5.75 Å². The smallest absolute Gasteiger partial charge is 0.267 e. The van der Waals surface area contributed by atoms with Crippen LogP contribution in [0.2, 0.25) is 0 Å². The van der Waals surface area contributed by atoms with Crippen molar-refractivity contribution in [3.63, 3.8) is 0 Å². The second-order valence-electron chi connectivity index (χ2n) is 3.85. The average Bonchev–Trinajstić information content (AvgIpc) is 2.44. The summed E-state index contributed by atoms with van der Waals surface area (Å²) in [7, 11) is 0. The molecule has 98 valence electrons. The van der Waals surface area contributed by atoms with E-state index in [4.69, 9.17) is 4.74 Å². The molecule has 2 N–H and O–H groups in total. The van der Waals surface area contributed by atoms with Crippen LogP contribution in [0.4, 0.5) is 0 Å². The van der Waals surface area contributed by atoms with Crippen molar-refractivity contribution >= 4 is 5.91 Å². The second-order valence-corrected chi connectivity index (χ2v) is 3.85. The molecule has 2 rings (SSSR count). The predicted molar refractivity (Wildman–Crippen MR) is 71.3 cm³/mol. The van der Waals surface area contributed by atoms with Crippen LogP contribution in [0.3, 0.4) is 0 Å². The van der Waals surface area contributed by atoms with Crippen molar-refractivity contribution in [3.05, 3.63) is 64.6 Å². The summed E-state index contributed by atoms with van der Waals surface area (Å²) in [6.07, 6.45) is 0. The largest absolute Gasteiger partial charge is 0.492 e. The Balaban J connectivity index is 1.77. The van der Waals surface area contributed by atoms with Gasteiger partial charge < -0.3 is 15.0 Å². The number of aromatic amines is 1. The fourth-order valence-corrected chi connectivity index (χ4v) is 1.53. The van der Waals surface area contributed by atoms with Gasteiger partial charge in [-0.3, -0.25) is 9.59 Å². The average molecular weight is 258 g/mol. The maximum absolute atomic E-state index is 11.7. The molecule has 0 aliphatic heterocycles. The molecule has 1 heterocycles. The number of ether oxygens (including phenoxy) is 1. The van der Waals surface area contributed by atoms with Crippen LogP contribution in [0.25, 0.3) is 0 Å². The van der Waals surface area contributed by atoms with Gasteiger partial charge in [0.25, 0.3) is 5.91 Å². The van der Waals surface area contributed by atoms with E-state index >= 15 is 0 Å². The molecule has 0 aliphatic rings. The molecule has 5 nitrogen and oxygen atoms in total. The minimum absolute atomic E-state index is 0.243. The van der Waals surface area contributed by atoms with Gasteiger partial charge in [-0.1, -0.05) is 24.3 Å². The van der Waals surface area contributed by atoms with E-state index in [9.17, 15) is 9.59 Å². The number of amides is 1. The molecule has 0 saturated carbocycles. The van der Waals surface area contributed by atoms with E-state index in [2.05, 4.69) is 10.3 Å². The summed E-state index contributed by atoms with van der Waals surface area (Å²) in [6, 6.07) is 13.8. The van der Waals surface area contributed by atoms with E-state index < -0.39 is 0 Å². The van der Waals surface area contributed by atoms with E-state index in [1.807, 2.05) is 30.3 Å². The van der Waals surface area contributed by atoms with E-state index in [0.29, 0.717) is 13.2 Å². The molecule has 0 radical (unpaired) electrons. The molecular formula is C14H14N2O3. The molecule has 0 saturated heterocycles. The highest BCUT2D eigenvalue weighted by Gasteiger charge is 2.04. The van der Waals surface area contributed by atoms with Crippen molar-refractivity contribution in [1.82, 2.24) is 10.3 Å². The van der Waals surface area contributed by atoms with Crippen LogP contribution < -0.4 is 15.6 Å². The monoisotopic (exact) mass is 258 g/mol. The first-order valence-corrected chi connectivity index (χ1v) is 5.91. The van der Waals surface area contributed by atoms with Crippen LogP contribution in [0, 0.1) is 0 Å². The van der Waals surface area contributed by atoms with Crippen molar-refractivity contribution in [2.75, 3.05) is 13.2 Å². The van der Waals surface area contributed by atoms with Crippen LogP contribution in [-0.4, -0.2) is 24.0 Å². The van der Waals surface area contributed by atoms with Crippen LogP contribution >= 0.6 is 0 Å². The number of hydrogen-bond acceptors (Lipinski definition) is 3. The van der Waals surface area contributed by atoms with Gasteiger partial charge in [-0.05, 0) is 18.2 Å². The second kappa shape index (κ2) is 6.39. The van der Waals surface area contributed by atoms with Gasteiger partial charge in [0.2, 0.25) is 5.56 Å². The summed E-state index contributed by atoms with van der Waals surface area (Å²) in [6.45, 7) is 0.734. The third-order valence-corrected chi connectivity index (χ3v) is 2.41. The number of rotatable bonds is 5. The van der Waals surface area contributed by atoms with Gasteiger partial charge in [0.1, 0.15) is 18.1 Å². The molecule has 0 atom stereocenters.